The molecule has 0 radical (unpaired) electrons. The Morgan fingerprint density at radius 2 is 2.21 bits per heavy atom. The van der Waals surface area contributed by atoms with Crippen molar-refractivity contribution in [3.63, 3.8) is 0 Å². The third-order valence-electron chi connectivity index (χ3n) is 2.83. The van der Waals surface area contributed by atoms with Gasteiger partial charge >= 0.3 is 0 Å². The van der Waals surface area contributed by atoms with Gasteiger partial charge in [0.05, 0.1) is 0 Å². The van der Waals surface area contributed by atoms with E-state index in [9.17, 15) is 4.39 Å². The van der Waals surface area contributed by atoms with Crippen LogP contribution in [-0.4, -0.2) is 4.98 Å². The summed E-state index contributed by atoms with van der Waals surface area (Å²) in [6, 6.07) is 5.15. The van der Waals surface area contributed by atoms with Gasteiger partial charge in [0.1, 0.15) is 5.82 Å². The molecule has 1 N–H and O–H groups in total. The molecule has 1 aromatic heterocycles. The minimum atomic E-state index is -0.126. The molecule has 0 fully saturated rings. The van der Waals surface area contributed by atoms with Gasteiger partial charge in [-0.1, -0.05) is 19.9 Å². The number of nitrogens with one attached hydrogen (secondary N) is 1. The third-order valence-corrected chi connectivity index (χ3v) is 2.83. The Morgan fingerprint density at radius 3 is 2.93 bits per heavy atom. The number of H-pyrrole nitrogens is 1. The van der Waals surface area contributed by atoms with E-state index in [1.807, 2.05) is 12.3 Å². The molecule has 0 saturated heterocycles. The summed E-state index contributed by atoms with van der Waals surface area (Å²) in [5, 5.41) is 0.752. The second-order valence-corrected chi connectivity index (χ2v) is 3.72. The van der Waals surface area contributed by atoms with E-state index in [2.05, 4.69) is 18.8 Å². The first-order chi connectivity index (χ1) is 6.74. The number of hydrogen-bond acceptors (Lipinski definition) is 0. The molecule has 1 aromatic carbocycles. The van der Waals surface area contributed by atoms with Crippen LogP contribution in [0, 0.1) is 5.82 Å². The standard InChI is InChI=1S/C12H14FN/c1-3-8(2)9-7-14-11-6-4-5-10(13)12(9)11/h4-8,14H,3H2,1-2H3. The van der Waals surface area contributed by atoms with Crippen molar-refractivity contribution in [2.24, 2.45) is 0 Å². The highest BCUT2D eigenvalue weighted by molar-refractivity contribution is 5.84. The molecule has 2 rings (SSSR count). The van der Waals surface area contributed by atoms with Crippen molar-refractivity contribution in [3.8, 4) is 0 Å². The zero-order valence-electron chi connectivity index (χ0n) is 8.47. The van der Waals surface area contributed by atoms with Crippen LogP contribution < -0.4 is 0 Å². The molecule has 0 aliphatic carbocycles. The molecule has 0 spiro atoms. The lowest BCUT2D eigenvalue weighted by atomic mass is 9.98. The molecule has 14 heavy (non-hydrogen) atoms. The topological polar surface area (TPSA) is 15.8 Å². The van der Waals surface area contributed by atoms with E-state index in [0.717, 1.165) is 22.9 Å². The summed E-state index contributed by atoms with van der Waals surface area (Å²) in [5.74, 6) is 0.278. The Balaban J connectivity index is 2.67. The fraction of sp³-hybridized carbons (Fsp3) is 0.333. The van der Waals surface area contributed by atoms with Gasteiger partial charge in [-0.3, -0.25) is 0 Å². The predicted molar refractivity (Wildman–Crippen MR) is 57.0 cm³/mol. The van der Waals surface area contributed by atoms with E-state index in [1.165, 1.54) is 6.07 Å². The van der Waals surface area contributed by atoms with Gasteiger partial charge in [-0.25, -0.2) is 4.39 Å². The summed E-state index contributed by atoms with van der Waals surface area (Å²) >= 11 is 0. The third kappa shape index (κ3) is 1.31. The van der Waals surface area contributed by atoms with Crippen molar-refractivity contribution in [1.82, 2.24) is 4.98 Å². The Kier molecular flexibility index (Phi) is 2.28. The highest BCUT2D eigenvalue weighted by Gasteiger charge is 2.12. The maximum absolute atomic E-state index is 13.6. The molecule has 1 atom stereocenters. The summed E-state index contributed by atoms with van der Waals surface area (Å²) < 4.78 is 13.6. The Labute approximate surface area is 82.9 Å². The van der Waals surface area contributed by atoms with E-state index < -0.39 is 0 Å². The summed E-state index contributed by atoms with van der Waals surface area (Å²) in [4.78, 5) is 3.10. The summed E-state index contributed by atoms with van der Waals surface area (Å²) in [5.41, 5.74) is 1.97. The van der Waals surface area contributed by atoms with Crippen LogP contribution in [0.3, 0.4) is 0 Å². The monoisotopic (exact) mass is 191 g/mol. The van der Waals surface area contributed by atoms with Crippen LogP contribution in [0.4, 0.5) is 4.39 Å². The van der Waals surface area contributed by atoms with Crippen LogP contribution in [0.1, 0.15) is 31.7 Å². The van der Waals surface area contributed by atoms with Gasteiger partial charge in [-0.2, -0.15) is 0 Å². The number of aromatic nitrogens is 1. The van der Waals surface area contributed by atoms with Gasteiger partial charge in [0.15, 0.2) is 0 Å². The molecule has 1 nitrogen and oxygen atoms in total. The van der Waals surface area contributed by atoms with Crippen LogP contribution in [-0.2, 0) is 0 Å². The van der Waals surface area contributed by atoms with Gasteiger partial charge in [0.25, 0.3) is 0 Å². The SMILES string of the molecule is CCC(C)c1c[nH]c2cccc(F)c12. The summed E-state index contributed by atoms with van der Waals surface area (Å²) in [7, 11) is 0. The molecule has 74 valence electrons. The van der Waals surface area contributed by atoms with Crippen LogP contribution in [0.15, 0.2) is 24.4 Å². The maximum Gasteiger partial charge on any atom is 0.132 e. The Morgan fingerprint density at radius 1 is 1.43 bits per heavy atom. The first-order valence-electron chi connectivity index (χ1n) is 4.99. The largest absolute Gasteiger partial charge is 0.361 e. The first-order valence-corrected chi connectivity index (χ1v) is 4.99. The normalized spacial score (nSPS) is 13.4. The molecule has 0 bridgehead atoms. The van der Waals surface area contributed by atoms with E-state index in [0.29, 0.717) is 5.92 Å². The van der Waals surface area contributed by atoms with Gasteiger partial charge < -0.3 is 4.98 Å². The highest BCUT2D eigenvalue weighted by atomic mass is 19.1. The van der Waals surface area contributed by atoms with Crippen molar-refractivity contribution >= 4 is 10.9 Å². The maximum atomic E-state index is 13.6. The second-order valence-electron chi connectivity index (χ2n) is 3.72. The van der Waals surface area contributed by atoms with E-state index in [-0.39, 0.29) is 5.82 Å². The van der Waals surface area contributed by atoms with E-state index in [4.69, 9.17) is 0 Å². The van der Waals surface area contributed by atoms with Crippen LogP contribution in [0.25, 0.3) is 10.9 Å². The smallest absolute Gasteiger partial charge is 0.132 e. The van der Waals surface area contributed by atoms with Crippen LogP contribution >= 0.6 is 0 Å². The lowest BCUT2D eigenvalue weighted by Gasteiger charge is -2.06. The van der Waals surface area contributed by atoms with E-state index in [1.54, 1.807) is 6.07 Å². The number of fused-ring (bicyclic) bond motifs is 1. The molecule has 0 aliphatic rings. The van der Waals surface area contributed by atoms with Gasteiger partial charge in [0.2, 0.25) is 0 Å². The molecular weight excluding hydrogens is 177 g/mol. The zero-order chi connectivity index (χ0) is 10.1. The minimum absolute atomic E-state index is 0.126. The molecular formula is C12H14FN. The Bertz CT molecular complexity index is 445. The summed E-state index contributed by atoms with van der Waals surface area (Å²) in [6.45, 7) is 4.24. The number of benzene rings is 1. The highest BCUT2D eigenvalue weighted by Crippen LogP contribution is 2.29. The first kappa shape index (κ1) is 9.25. The average Bonchev–Trinajstić information content (AvgIpc) is 2.62. The summed E-state index contributed by atoms with van der Waals surface area (Å²) in [6.07, 6.45) is 2.95. The fourth-order valence-corrected chi connectivity index (χ4v) is 1.77. The zero-order valence-corrected chi connectivity index (χ0v) is 8.47. The lowest BCUT2D eigenvalue weighted by molar-refractivity contribution is 0.636. The number of aromatic amines is 1. The van der Waals surface area contributed by atoms with E-state index >= 15 is 0 Å². The molecule has 1 heterocycles. The van der Waals surface area contributed by atoms with Gasteiger partial charge in [0, 0.05) is 17.1 Å². The Hall–Kier alpha value is -1.31. The molecule has 0 aliphatic heterocycles. The fourth-order valence-electron chi connectivity index (χ4n) is 1.77. The predicted octanol–water partition coefficient (Wildman–Crippen LogP) is 3.82. The lowest BCUT2D eigenvalue weighted by Crippen LogP contribution is -1.90. The van der Waals surface area contributed by atoms with Crippen LogP contribution in [0.5, 0.6) is 0 Å². The number of halogens is 1. The average molecular weight is 191 g/mol. The van der Waals surface area contributed by atoms with Crippen molar-refractivity contribution in [1.29, 1.82) is 0 Å². The minimum Gasteiger partial charge on any atom is -0.361 e. The molecule has 0 saturated carbocycles. The molecule has 2 aromatic rings. The molecule has 1 unspecified atom stereocenters. The van der Waals surface area contributed by atoms with Gasteiger partial charge in [-0.15, -0.1) is 0 Å². The van der Waals surface area contributed by atoms with Crippen molar-refractivity contribution in [2.45, 2.75) is 26.2 Å². The molecule has 2 heteroatoms. The van der Waals surface area contributed by atoms with Crippen molar-refractivity contribution < 1.29 is 4.39 Å². The quantitative estimate of drug-likeness (QED) is 0.742. The second kappa shape index (κ2) is 3.45. The number of hydrogen-bond donors (Lipinski definition) is 1. The van der Waals surface area contributed by atoms with Crippen LogP contribution in [0.2, 0.25) is 0 Å². The van der Waals surface area contributed by atoms with Crippen molar-refractivity contribution in [2.75, 3.05) is 0 Å². The number of rotatable bonds is 2. The van der Waals surface area contributed by atoms with Crippen molar-refractivity contribution in [3.05, 3.63) is 35.8 Å². The molecule has 0 amide bonds. The van der Waals surface area contributed by atoms with Gasteiger partial charge in [-0.05, 0) is 30.0 Å².